The number of hydrogen-bond acceptors (Lipinski definition) is 5. The minimum absolute atomic E-state index is 0.0984. The molecule has 6 heteroatoms. The molecule has 1 amide bonds. The topological polar surface area (TPSA) is 55.4 Å². The molecule has 0 saturated heterocycles. The maximum atomic E-state index is 12.2. The normalized spacial score (nSPS) is 17.4. The van der Waals surface area contributed by atoms with E-state index in [4.69, 9.17) is 4.74 Å². The zero-order valence-corrected chi connectivity index (χ0v) is 13.4. The molecule has 110 valence electrons. The third-order valence-corrected chi connectivity index (χ3v) is 4.84. The van der Waals surface area contributed by atoms with Crippen molar-refractivity contribution in [2.24, 2.45) is 5.92 Å². The molecule has 1 atom stereocenters. The molecule has 0 saturated carbocycles. The number of thiophene rings is 1. The number of carbonyl (C=O) groups is 2. The number of esters is 1. The van der Waals surface area contributed by atoms with E-state index in [9.17, 15) is 9.59 Å². The highest BCUT2D eigenvalue weighted by atomic mass is 32.1. The fourth-order valence-corrected chi connectivity index (χ4v) is 3.92. The van der Waals surface area contributed by atoms with Crippen LogP contribution >= 0.6 is 24.0 Å². The Balaban J connectivity index is 2.39. The molecule has 0 fully saturated rings. The molecule has 0 aromatic carbocycles. The molecule has 1 aliphatic rings. The number of nitrogens with one attached hydrogen (secondary N) is 1. The van der Waals surface area contributed by atoms with Crippen molar-refractivity contribution in [2.45, 2.75) is 33.1 Å². The molecular weight excluding hydrogens is 294 g/mol. The van der Waals surface area contributed by atoms with E-state index >= 15 is 0 Å². The predicted octanol–water partition coefficient (Wildman–Crippen LogP) is 2.92. The van der Waals surface area contributed by atoms with E-state index in [0.717, 1.165) is 24.8 Å². The van der Waals surface area contributed by atoms with Crippen LogP contribution in [0.4, 0.5) is 5.00 Å². The fourth-order valence-electron chi connectivity index (χ4n) is 2.42. The summed E-state index contributed by atoms with van der Waals surface area (Å²) in [6, 6.07) is 0. The highest BCUT2D eigenvalue weighted by Gasteiger charge is 2.28. The molecule has 1 N–H and O–H groups in total. The zero-order chi connectivity index (χ0) is 14.7. The number of hydrogen-bond donors (Lipinski definition) is 2. The lowest BCUT2D eigenvalue weighted by molar-refractivity contribution is -0.113. The average molecular weight is 313 g/mol. The Hall–Kier alpha value is -1.01. The van der Waals surface area contributed by atoms with Gasteiger partial charge in [-0.1, -0.05) is 6.92 Å². The van der Waals surface area contributed by atoms with Crippen LogP contribution in [0.5, 0.6) is 0 Å². The second-order valence-corrected chi connectivity index (χ2v) is 6.40. The molecule has 1 aromatic heterocycles. The smallest absolute Gasteiger partial charge is 0.341 e. The first-order valence-corrected chi connectivity index (χ1v) is 8.24. The van der Waals surface area contributed by atoms with Gasteiger partial charge in [-0.25, -0.2) is 4.79 Å². The van der Waals surface area contributed by atoms with Crippen LogP contribution in [-0.2, 0) is 22.4 Å². The van der Waals surface area contributed by atoms with Gasteiger partial charge in [-0.15, -0.1) is 11.3 Å². The van der Waals surface area contributed by atoms with Crippen LogP contribution in [0.15, 0.2) is 0 Å². The summed E-state index contributed by atoms with van der Waals surface area (Å²) in [7, 11) is 0. The van der Waals surface area contributed by atoms with E-state index in [2.05, 4.69) is 24.9 Å². The van der Waals surface area contributed by atoms with Crippen molar-refractivity contribution in [2.75, 3.05) is 17.7 Å². The number of anilines is 1. The first-order chi connectivity index (χ1) is 9.56. The van der Waals surface area contributed by atoms with Crippen LogP contribution in [0, 0.1) is 5.92 Å². The largest absolute Gasteiger partial charge is 0.462 e. The van der Waals surface area contributed by atoms with Crippen molar-refractivity contribution >= 4 is 40.8 Å². The molecular formula is C14H19NO3S2. The number of rotatable bonds is 4. The van der Waals surface area contributed by atoms with E-state index < -0.39 is 0 Å². The molecule has 0 aliphatic heterocycles. The summed E-state index contributed by atoms with van der Waals surface area (Å²) in [5.41, 5.74) is 1.61. The van der Waals surface area contributed by atoms with Crippen LogP contribution in [0.2, 0.25) is 0 Å². The van der Waals surface area contributed by atoms with Crippen LogP contribution < -0.4 is 5.32 Å². The fraction of sp³-hybridized carbons (Fsp3) is 0.571. The Morgan fingerprint density at radius 3 is 2.90 bits per heavy atom. The Kier molecular flexibility index (Phi) is 5.10. The summed E-state index contributed by atoms with van der Waals surface area (Å²) in [6.07, 6.45) is 2.90. The van der Waals surface area contributed by atoms with E-state index in [0.29, 0.717) is 23.1 Å². The van der Waals surface area contributed by atoms with Gasteiger partial charge in [0.25, 0.3) is 0 Å². The summed E-state index contributed by atoms with van der Waals surface area (Å²) in [6.45, 7) is 4.32. The van der Waals surface area contributed by atoms with Crippen molar-refractivity contribution < 1.29 is 14.3 Å². The molecule has 1 aliphatic carbocycles. The lowest BCUT2D eigenvalue weighted by atomic mass is 9.88. The Morgan fingerprint density at radius 2 is 2.25 bits per heavy atom. The number of amides is 1. The number of thiol groups is 1. The van der Waals surface area contributed by atoms with Gasteiger partial charge >= 0.3 is 5.97 Å². The first kappa shape index (κ1) is 15.4. The van der Waals surface area contributed by atoms with Gasteiger partial charge in [-0.2, -0.15) is 12.6 Å². The average Bonchev–Trinajstić information content (AvgIpc) is 2.75. The maximum Gasteiger partial charge on any atom is 0.341 e. The van der Waals surface area contributed by atoms with Crippen LogP contribution in [0.25, 0.3) is 0 Å². The SMILES string of the molecule is CCOC(=O)c1c(NC(=O)CS)sc2c1CCC(C)C2. The molecule has 1 unspecified atom stereocenters. The molecule has 2 rings (SSSR count). The summed E-state index contributed by atoms with van der Waals surface area (Å²) < 4.78 is 5.13. The molecule has 1 aromatic rings. The first-order valence-electron chi connectivity index (χ1n) is 6.79. The minimum Gasteiger partial charge on any atom is -0.462 e. The van der Waals surface area contributed by atoms with Gasteiger partial charge in [0, 0.05) is 4.88 Å². The highest BCUT2D eigenvalue weighted by molar-refractivity contribution is 7.81. The quantitative estimate of drug-likeness (QED) is 0.664. The van der Waals surface area contributed by atoms with Crippen molar-refractivity contribution in [1.29, 1.82) is 0 Å². The molecule has 4 nitrogen and oxygen atoms in total. The Bertz CT molecular complexity index is 525. The van der Waals surface area contributed by atoms with Crippen molar-refractivity contribution in [3.05, 3.63) is 16.0 Å². The lowest BCUT2D eigenvalue weighted by Gasteiger charge is -2.18. The minimum atomic E-state index is -0.339. The van der Waals surface area contributed by atoms with E-state index in [-0.39, 0.29) is 17.6 Å². The van der Waals surface area contributed by atoms with Gasteiger partial charge in [0.05, 0.1) is 17.9 Å². The third-order valence-electron chi connectivity index (χ3n) is 3.39. The summed E-state index contributed by atoms with van der Waals surface area (Å²) in [4.78, 5) is 24.9. The third kappa shape index (κ3) is 3.17. The van der Waals surface area contributed by atoms with E-state index in [1.807, 2.05) is 0 Å². The highest BCUT2D eigenvalue weighted by Crippen LogP contribution is 2.40. The van der Waals surface area contributed by atoms with E-state index in [1.54, 1.807) is 6.92 Å². The molecule has 0 spiro atoms. The van der Waals surface area contributed by atoms with Gasteiger partial charge in [0.1, 0.15) is 5.00 Å². The van der Waals surface area contributed by atoms with Crippen molar-refractivity contribution in [3.8, 4) is 0 Å². The van der Waals surface area contributed by atoms with Crippen LogP contribution in [0.3, 0.4) is 0 Å². The zero-order valence-electron chi connectivity index (χ0n) is 11.7. The lowest BCUT2D eigenvalue weighted by Crippen LogP contribution is -2.17. The molecule has 20 heavy (non-hydrogen) atoms. The summed E-state index contributed by atoms with van der Waals surface area (Å²) in [5.74, 6) is 0.172. The standard InChI is InChI=1S/C14H19NO3S2/c1-3-18-14(17)12-9-5-4-8(2)6-10(9)20-13(12)15-11(16)7-19/h8,19H,3-7H2,1-2H3,(H,15,16). The van der Waals surface area contributed by atoms with Crippen molar-refractivity contribution in [1.82, 2.24) is 0 Å². The summed E-state index contributed by atoms with van der Waals surface area (Å²) >= 11 is 5.45. The van der Waals surface area contributed by atoms with Gasteiger partial charge < -0.3 is 10.1 Å². The van der Waals surface area contributed by atoms with Crippen LogP contribution in [-0.4, -0.2) is 24.2 Å². The van der Waals surface area contributed by atoms with Gasteiger partial charge in [-0.05, 0) is 37.7 Å². The number of fused-ring (bicyclic) bond motifs is 1. The van der Waals surface area contributed by atoms with Gasteiger partial charge in [0.15, 0.2) is 0 Å². The number of ether oxygens (including phenoxy) is 1. The Morgan fingerprint density at radius 1 is 1.50 bits per heavy atom. The molecule has 0 radical (unpaired) electrons. The predicted molar refractivity (Wildman–Crippen MR) is 83.9 cm³/mol. The maximum absolute atomic E-state index is 12.2. The second kappa shape index (κ2) is 6.63. The monoisotopic (exact) mass is 313 g/mol. The molecule has 0 bridgehead atoms. The van der Waals surface area contributed by atoms with Crippen LogP contribution in [0.1, 0.15) is 41.1 Å². The van der Waals surface area contributed by atoms with Gasteiger partial charge in [0.2, 0.25) is 5.91 Å². The second-order valence-electron chi connectivity index (χ2n) is 4.98. The number of carbonyl (C=O) groups excluding carboxylic acids is 2. The molecule has 1 heterocycles. The van der Waals surface area contributed by atoms with Gasteiger partial charge in [-0.3, -0.25) is 4.79 Å². The van der Waals surface area contributed by atoms with E-state index in [1.165, 1.54) is 16.2 Å². The van der Waals surface area contributed by atoms with Crippen molar-refractivity contribution in [3.63, 3.8) is 0 Å². The summed E-state index contributed by atoms with van der Waals surface area (Å²) in [5, 5.41) is 3.39. The Labute approximate surface area is 128 Å².